The van der Waals surface area contributed by atoms with Crippen LogP contribution in [0.4, 0.5) is 0 Å². The first-order chi connectivity index (χ1) is 7.89. The number of pyridine rings is 1. The van der Waals surface area contributed by atoms with Crippen molar-refractivity contribution in [3.8, 4) is 5.75 Å². The van der Waals surface area contributed by atoms with Gasteiger partial charge in [0.15, 0.2) is 0 Å². The number of nitrogens with zero attached hydrogens (tertiary/aromatic N) is 1. The summed E-state index contributed by atoms with van der Waals surface area (Å²) in [4.78, 5) is 4.55. The molecule has 0 radical (unpaired) electrons. The van der Waals surface area contributed by atoms with Gasteiger partial charge in [-0.1, -0.05) is 34.6 Å². The van der Waals surface area contributed by atoms with E-state index in [1.54, 1.807) is 0 Å². The number of hydrogen-bond acceptors (Lipinski definition) is 2. The average molecular weight is 233 g/mol. The highest BCUT2D eigenvalue weighted by atomic mass is 16.5. The molecule has 1 fully saturated rings. The van der Waals surface area contributed by atoms with Gasteiger partial charge in [0.2, 0.25) is 0 Å². The molecule has 0 amide bonds. The minimum Gasteiger partial charge on any atom is -0.488 e. The molecule has 2 heteroatoms. The highest BCUT2D eigenvalue weighted by Gasteiger charge is 2.30. The molecule has 1 saturated carbocycles. The molecule has 2 nitrogen and oxygen atoms in total. The molecule has 0 saturated heterocycles. The van der Waals surface area contributed by atoms with Crippen molar-refractivity contribution >= 4 is 0 Å². The van der Waals surface area contributed by atoms with Crippen molar-refractivity contribution < 1.29 is 4.74 Å². The van der Waals surface area contributed by atoms with Crippen LogP contribution in [0, 0.1) is 0 Å². The van der Waals surface area contributed by atoms with E-state index in [2.05, 4.69) is 45.7 Å². The summed E-state index contributed by atoms with van der Waals surface area (Å²) in [5.41, 5.74) is 2.42. The minimum atomic E-state index is 0.0368. The van der Waals surface area contributed by atoms with Gasteiger partial charge in [-0.2, -0.15) is 0 Å². The molecule has 0 bridgehead atoms. The van der Waals surface area contributed by atoms with Gasteiger partial charge in [-0.3, -0.25) is 4.98 Å². The first-order valence-electron chi connectivity index (χ1n) is 6.55. The highest BCUT2D eigenvalue weighted by molar-refractivity contribution is 5.42. The van der Waals surface area contributed by atoms with E-state index in [4.69, 9.17) is 4.74 Å². The van der Waals surface area contributed by atoms with Crippen molar-refractivity contribution in [1.29, 1.82) is 0 Å². The van der Waals surface area contributed by atoms with E-state index < -0.39 is 0 Å². The Morgan fingerprint density at radius 2 is 1.94 bits per heavy atom. The third-order valence-corrected chi connectivity index (χ3v) is 3.08. The van der Waals surface area contributed by atoms with Gasteiger partial charge < -0.3 is 4.74 Å². The van der Waals surface area contributed by atoms with Gasteiger partial charge in [-0.25, -0.2) is 0 Å². The van der Waals surface area contributed by atoms with Gasteiger partial charge in [0.1, 0.15) is 5.75 Å². The zero-order valence-corrected chi connectivity index (χ0v) is 11.6. The van der Waals surface area contributed by atoms with Crippen molar-refractivity contribution in [2.75, 3.05) is 0 Å². The van der Waals surface area contributed by atoms with E-state index in [9.17, 15) is 0 Å². The molecule has 1 aromatic rings. The van der Waals surface area contributed by atoms with Crippen molar-refractivity contribution in [3.63, 3.8) is 0 Å². The predicted molar refractivity (Wildman–Crippen MR) is 70.7 cm³/mol. The van der Waals surface area contributed by atoms with Gasteiger partial charge in [-0.15, -0.1) is 0 Å². The van der Waals surface area contributed by atoms with Crippen molar-refractivity contribution in [2.45, 2.75) is 64.9 Å². The highest BCUT2D eigenvalue weighted by Crippen LogP contribution is 2.39. The van der Waals surface area contributed by atoms with Gasteiger partial charge in [0.05, 0.1) is 11.8 Å². The van der Waals surface area contributed by atoms with E-state index in [0.717, 1.165) is 11.4 Å². The summed E-state index contributed by atoms with van der Waals surface area (Å²) >= 11 is 0. The molecule has 94 valence electrons. The summed E-state index contributed by atoms with van der Waals surface area (Å²) < 4.78 is 6.11. The summed E-state index contributed by atoms with van der Waals surface area (Å²) in [6.07, 6.45) is 4.72. The molecule has 0 unspecified atom stereocenters. The Kier molecular flexibility index (Phi) is 3.15. The van der Waals surface area contributed by atoms with E-state index in [-0.39, 0.29) is 5.41 Å². The summed E-state index contributed by atoms with van der Waals surface area (Å²) in [5.74, 6) is 1.52. The van der Waals surface area contributed by atoms with Gasteiger partial charge in [0, 0.05) is 17.2 Å². The number of rotatable bonds is 3. The Morgan fingerprint density at radius 3 is 2.41 bits per heavy atom. The van der Waals surface area contributed by atoms with Crippen LogP contribution in [-0.4, -0.2) is 11.1 Å². The largest absolute Gasteiger partial charge is 0.488 e. The predicted octanol–water partition coefficient (Wildman–Crippen LogP) is 4.04. The number of aromatic nitrogens is 1. The monoisotopic (exact) mass is 233 g/mol. The van der Waals surface area contributed by atoms with Gasteiger partial charge >= 0.3 is 0 Å². The molecule has 1 aliphatic rings. The second-order valence-electron chi connectivity index (χ2n) is 6.30. The minimum absolute atomic E-state index is 0.0368. The SMILES string of the molecule is CC(C)c1ccnc(C(C)(C)C)c1OC1CC1. The molecule has 1 heterocycles. The standard InChI is InChI=1S/C15H23NO/c1-10(2)12-8-9-16-14(15(3,4)5)13(12)17-11-6-7-11/h8-11H,6-7H2,1-5H3. The molecule has 2 rings (SSSR count). The van der Waals surface area contributed by atoms with Crippen molar-refractivity contribution in [2.24, 2.45) is 0 Å². The van der Waals surface area contributed by atoms with Crippen LogP contribution in [0.5, 0.6) is 5.75 Å². The summed E-state index contributed by atoms with van der Waals surface area (Å²) in [5, 5.41) is 0. The fourth-order valence-electron chi connectivity index (χ4n) is 1.93. The van der Waals surface area contributed by atoms with Crippen LogP contribution in [0.15, 0.2) is 12.3 Å². The van der Waals surface area contributed by atoms with E-state index in [1.165, 1.54) is 18.4 Å². The van der Waals surface area contributed by atoms with Gasteiger partial charge in [0.25, 0.3) is 0 Å². The van der Waals surface area contributed by atoms with Crippen LogP contribution >= 0.6 is 0 Å². The Labute approximate surface area is 104 Å². The zero-order valence-electron chi connectivity index (χ0n) is 11.6. The van der Waals surface area contributed by atoms with Crippen molar-refractivity contribution in [3.05, 3.63) is 23.5 Å². The molecule has 0 N–H and O–H groups in total. The van der Waals surface area contributed by atoms with Crippen LogP contribution in [0.2, 0.25) is 0 Å². The Hall–Kier alpha value is -1.05. The smallest absolute Gasteiger partial charge is 0.145 e. The molecule has 1 aromatic heterocycles. The first-order valence-corrected chi connectivity index (χ1v) is 6.55. The van der Waals surface area contributed by atoms with Crippen LogP contribution in [0.1, 0.15) is 64.6 Å². The first kappa shape index (κ1) is 12.4. The Bertz CT molecular complexity index is 400. The summed E-state index contributed by atoms with van der Waals surface area (Å²) in [6.45, 7) is 11.0. The Morgan fingerprint density at radius 1 is 1.29 bits per heavy atom. The maximum Gasteiger partial charge on any atom is 0.145 e. The van der Waals surface area contributed by atoms with E-state index in [0.29, 0.717) is 12.0 Å². The maximum absolute atomic E-state index is 6.11. The molecule has 0 spiro atoms. The Balaban J connectivity index is 2.45. The second-order valence-corrected chi connectivity index (χ2v) is 6.30. The number of hydrogen-bond donors (Lipinski definition) is 0. The zero-order chi connectivity index (χ0) is 12.6. The fraction of sp³-hybridized carbons (Fsp3) is 0.667. The van der Waals surface area contributed by atoms with Crippen molar-refractivity contribution in [1.82, 2.24) is 4.98 Å². The fourth-order valence-corrected chi connectivity index (χ4v) is 1.93. The lowest BCUT2D eigenvalue weighted by Gasteiger charge is -2.24. The van der Waals surface area contributed by atoms with Gasteiger partial charge in [-0.05, 0) is 24.8 Å². The second kappa shape index (κ2) is 4.32. The maximum atomic E-state index is 6.11. The quantitative estimate of drug-likeness (QED) is 0.786. The van der Waals surface area contributed by atoms with Crippen LogP contribution in [0.3, 0.4) is 0 Å². The summed E-state index contributed by atoms with van der Waals surface area (Å²) in [7, 11) is 0. The third kappa shape index (κ3) is 2.80. The van der Waals surface area contributed by atoms with E-state index in [1.807, 2.05) is 6.20 Å². The molecule has 1 aliphatic carbocycles. The average Bonchev–Trinajstić information content (AvgIpc) is 3.00. The summed E-state index contributed by atoms with van der Waals surface area (Å²) in [6, 6.07) is 2.09. The molecule has 0 aromatic carbocycles. The molecule has 0 aliphatic heterocycles. The lowest BCUT2D eigenvalue weighted by atomic mass is 9.88. The van der Waals surface area contributed by atoms with Crippen LogP contribution < -0.4 is 4.74 Å². The molecular formula is C15H23NO. The molecule has 0 atom stereocenters. The third-order valence-electron chi connectivity index (χ3n) is 3.08. The van der Waals surface area contributed by atoms with Crippen LogP contribution in [-0.2, 0) is 5.41 Å². The lowest BCUT2D eigenvalue weighted by molar-refractivity contribution is 0.287. The number of ether oxygens (including phenoxy) is 1. The molecular weight excluding hydrogens is 210 g/mol. The lowest BCUT2D eigenvalue weighted by Crippen LogP contribution is -2.17. The van der Waals surface area contributed by atoms with Crippen LogP contribution in [0.25, 0.3) is 0 Å². The van der Waals surface area contributed by atoms with E-state index >= 15 is 0 Å². The normalized spacial score (nSPS) is 16.4. The molecule has 17 heavy (non-hydrogen) atoms. The topological polar surface area (TPSA) is 22.1 Å².